The van der Waals surface area contributed by atoms with Crippen molar-refractivity contribution in [3.8, 4) is 100 Å². The van der Waals surface area contributed by atoms with Gasteiger partial charge in [-0.2, -0.15) is 0 Å². The molecule has 135 heavy (non-hydrogen) atoms. The molecular formula is C130H87BN4. The fourth-order valence-electron chi connectivity index (χ4n) is 22.5. The zero-order valence-electron chi connectivity index (χ0n) is 74.9. The number of rotatable bonds is 12. The highest BCUT2D eigenvalue weighted by Gasteiger charge is 2.47. The van der Waals surface area contributed by atoms with Gasteiger partial charge in [-0.25, -0.2) is 0 Å². The lowest BCUT2D eigenvalue weighted by molar-refractivity contribution is 0.590. The lowest BCUT2D eigenvalue weighted by atomic mass is 9.33. The van der Waals surface area contributed by atoms with Crippen molar-refractivity contribution < 1.29 is 0 Å². The quantitative estimate of drug-likeness (QED) is 0.113. The maximum atomic E-state index is 2.76. The lowest BCUT2D eigenvalue weighted by Gasteiger charge is -2.46. The average Bonchev–Trinajstić information content (AvgIpc) is 0.957. The monoisotopic (exact) mass is 1710 g/mol. The van der Waals surface area contributed by atoms with Gasteiger partial charge < -0.3 is 18.9 Å². The third-order valence-corrected chi connectivity index (χ3v) is 29.1. The van der Waals surface area contributed by atoms with E-state index >= 15 is 0 Å². The summed E-state index contributed by atoms with van der Waals surface area (Å²) in [6.07, 6.45) is 0. The van der Waals surface area contributed by atoms with Crippen molar-refractivity contribution >= 4 is 165 Å². The summed E-state index contributed by atoms with van der Waals surface area (Å²) < 4.78 is 5.20. The van der Waals surface area contributed by atoms with Crippen LogP contribution in [0.25, 0.3) is 209 Å². The molecule has 0 unspecified atom stereocenters. The third-order valence-electron chi connectivity index (χ3n) is 29.1. The summed E-state index contributed by atoms with van der Waals surface area (Å²) in [6, 6.07) is 180. The average molecular weight is 1720 g/mol. The van der Waals surface area contributed by atoms with Crippen molar-refractivity contribution in [2.45, 2.75) is 26.2 Å². The smallest absolute Gasteiger partial charge is 0.252 e. The largest absolute Gasteiger partial charge is 0.310 e. The minimum Gasteiger partial charge on any atom is -0.310 e. The van der Waals surface area contributed by atoms with E-state index in [0.29, 0.717) is 0 Å². The zero-order valence-corrected chi connectivity index (χ0v) is 74.9. The van der Waals surface area contributed by atoms with Gasteiger partial charge in [-0.05, 0) is 257 Å². The first-order chi connectivity index (χ1) is 66.5. The van der Waals surface area contributed by atoms with Crippen LogP contribution in [-0.4, -0.2) is 15.8 Å². The highest BCUT2D eigenvalue weighted by atomic mass is 15.2. The van der Waals surface area contributed by atoms with Crippen LogP contribution < -0.4 is 26.2 Å². The Bertz CT molecular complexity index is 8590. The maximum absolute atomic E-state index is 2.76. The van der Waals surface area contributed by atoms with Gasteiger partial charge in [0.1, 0.15) is 0 Å². The van der Waals surface area contributed by atoms with Crippen molar-refractivity contribution in [1.82, 2.24) is 9.13 Å². The molecule has 0 radical (unpaired) electrons. The van der Waals surface area contributed by atoms with Gasteiger partial charge in [-0.1, -0.05) is 385 Å². The molecule has 2 aromatic heterocycles. The molecule has 0 spiro atoms. The van der Waals surface area contributed by atoms with Crippen LogP contribution in [0.2, 0.25) is 0 Å². The Hall–Kier alpha value is -17.1. The maximum Gasteiger partial charge on any atom is 0.252 e. The van der Waals surface area contributed by atoms with E-state index in [4.69, 9.17) is 0 Å². The van der Waals surface area contributed by atoms with Crippen molar-refractivity contribution in [2.75, 3.05) is 9.80 Å². The number of fused-ring (bicyclic) bond motifs is 18. The van der Waals surface area contributed by atoms with Crippen LogP contribution in [0.5, 0.6) is 0 Å². The lowest BCUT2D eigenvalue weighted by Crippen LogP contribution is -2.61. The number of benzene rings is 23. The van der Waals surface area contributed by atoms with E-state index in [1.54, 1.807) is 0 Å². The number of nitrogens with zero attached hydrogens (tertiary/aromatic N) is 4. The molecule has 630 valence electrons. The summed E-state index contributed by atoms with van der Waals surface area (Å²) in [5, 5.41) is 19.2. The summed E-state index contributed by atoms with van der Waals surface area (Å²) in [5.74, 6) is 0. The molecule has 0 atom stereocenters. The van der Waals surface area contributed by atoms with Gasteiger partial charge in [-0.3, -0.25) is 0 Å². The van der Waals surface area contributed by atoms with Crippen LogP contribution in [0, 0.1) is 0 Å². The summed E-state index contributed by atoms with van der Waals surface area (Å²) in [4.78, 5) is 5.52. The fraction of sp³-hybridized carbons (Fsp3) is 0.0308. The van der Waals surface area contributed by atoms with Gasteiger partial charge >= 0.3 is 0 Å². The van der Waals surface area contributed by atoms with Crippen molar-refractivity contribution in [3.05, 3.63) is 479 Å². The topological polar surface area (TPSA) is 16.3 Å². The van der Waals surface area contributed by atoms with Crippen LogP contribution in [0.3, 0.4) is 0 Å². The van der Waals surface area contributed by atoms with E-state index in [2.05, 4.69) is 513 Å². The summed E-state index contributed by atoms with van der Waals surface area (Å²) in [7, 11) is 0. The molecule has 2 aliphatic heterocycles. The van der Waals surface area contributed by atoms with Gasteiger partial charge in [0.25, 0.3) is 6.71 Å². The van der Waals surface area contributed by atoms with E-state index < -0.39 is 5.41 Å². The highest BCUT2D eigenvalue weighted by Crippen LogP contribution is 2.57. The Kier molecular flexibility index (Phi) is 17.7. The molecule has 0 fully saturated rings. The number of aromatic nitrogens is 2. The Morgan fingerprint density at radius 1 is 0.193 bits per heavy atom. The fourth-order valence-corrected chi connectivity index (χ4v) is 22.5. The normalized spacial score (nSPS) is 12.5. The second-order valence-electron chi connectivity index (χ2n) is 37.8. The molecule has 0 bridgehead atoms. The van der Waals surface area contributed by atoms with E-state index in [0.717, 1.165) is 134 Å². The van der Waals surface area contributed by atoms with Crippen molar-refractivity contribution in [1.29, 1.82) is 0 Å². The summed E-state index contributed by atoms with van der Waals surface area (Å²) in [5.41, 5.74) is 35.8. The SMILES string of the molecule is CC(C)(C)c1cc2c3c(c1)N(c1c(-c4ccccc4)cc(-c4ccc5ccccc5c4)cc1-c1ccccc1)c1cc(-n4c5ccc(-c6ccc7ccccc7c6)cc5c5ccc6ccccc6c54)ccc1B3c1ccc(-n3c4ccc(-c5ccc6ccccc6c5)cc4c4ccc5ccccc5c43)cc1N2c1c(-c2ccccc2)cc(-c2ccc3ccccc3c2)cc1-c1ccccc1. The van der Waals surface area contributed by atoms with Crippen LogP contribution >= 0.6 is 0 Å². The minimum absolute atomic E-state index is 0.356. The first-order valence-corrected chi connectivity index (χ1v) is 47.1. The standard InChI is InChI=1S/C130H87BN4/c1-130(2,3)104-78-123-125-124(79-104)135(129-113(88-36-12-6-13-37-88)76-103(77-114(129)89-38-14-7-15-39-89)99-55-51-85-31-19-23-45-95(85)71-99)122-81-106(133-120-67-59-101(97-53-49-83-29-17-21-43-93(83)69-97)73-116(120)110-63-57-91-41-25-27-47-108(91)127(110)133)61-65-118(122)131(125)117-64-60-105(132-119-66-58-100(96-52-48-82-28-16-20-42-92(82)68-96)72-115(119)109-62-56-90-40-24-26-46-107(90)126(109)132)80-121(117)134(123)128-111(86-32-8-4-9-33-86)74-102(75-112(128)87-34-10-5-11-35-87)98-54-50-84-30-18-22-44-94(84)70-98/h4-81H,1-3H3. The predicted molar refractivity (Wildman–Crippen MR) is 576 cm³/mol. The highest BCUT2D eigenvalue weighted by molar-refractivity contribution is 7.00. The molecule has 4 nitrogen and oxygen atoms in total. The van der Waals surface area contributed by atoms with E-state index in [1.807, 2.05) is 0 Å². The van der Waals surface area contributed by atoms with E-state index in [-0.39, 0.29) is 6.71 Å². The molecule has 0 aliphatic carbocycles. The van der Waals surface area contributed by atoms with Crippen LogP contribution in [-0.2, 0) is 5.41 Å². The molecule has 0 N–H and O–H groups in total. The Labute approximate surface area is 784 Å². The molecule has 0 amide bonds. The third kappa shape index (κ3) is 12.7. The first-order valence-electron chi connectivity index (χ1n) is 47.1. The van der Waals surface area contributed by atoms with Gasteiger partial charge in [0, 0.05) is 88.7 Å². The van der Waals surface area contributed by atoms with Crippen LogP contribution in [0.4, 0.5) is 34.1 Å². The Morgan fingerprint density at radius 3 is 0.822 bits per heavy atom. The number of hydrogen-bond donors (Lipinski definition) is 0. The molecule has 2 aliphatic rings. The zero-order chi connectivity index (χ0) is 89.3. The molecule has 0 saturated carbocycles. The summed E-state index contributed by atoms with van der Waals surface area (Å²) in [6.45, 7) is 6.89. The van der Waals surface area contributed by atoms with Gasteiger partial charge in [-0.15, -0.1) is 0 Å². The van der Waals surface area contributed by atoms with Crippen molar-refractivity contribution in [2.24, 2.45) is 0 Å². The van der Waals surface area contributed by atoms with Gasteiger partial charge in [0.05, 0.1) is 33.4 Å². The second-order valence-corrected chi connectivity index (χ2v) is 37.8. The Balaban J connectivity index is 0.797. The van der Waals surface area contributed by atoms with Gasteiger partial charge in [0.2, 0.25) is 0 Å². The second kappa shape index (κ2) is 30.8. The molecule has 0 saturated heterocycles. The predicted octanol–water partition coefficient (Wildman–Crippen LogP) is 33.5. The molecular weight excluding hydrogens is 1630 g/mol. The molecule has 23 aromatic carbocycles. The van der Waals surface area contributed by atoms with E-state index in [1.165, 1.54) is 130 Å². The van der Waals surface area contributed by atoms with Gasteiger partial charge in [0.15, 0.2) is 0 Å². The van der Waals surface area contributed by atoms with Crippen LogP contribution in [0.1, 0.15) is 26.3 Å². The number of hydrogen-bond acceptors (Lipinski definition) is 2. The van der Waals surface area contributed by atoms with E-state index in [9.17, 15) is 0 Å². The van der Waals surface area contributed by atoms with Crippen molar-refractivity contribution in [3.63, 3.8) is 0 Å². The molecule has 4 heterocycles. The molecule has 5 heteroatoms. The Morgan fingerprint density at radius 2 is 0.481 bits per heavy atom. The molecule has 27 rings (SSSR count). The molecule has 25 aromatic rings. The van der Waals surface area contributed by atoms with Crippen LogP contribution in [0.15, 0.2) is 473 Å². The first kappa shape index (κ1) is 77.8. The minimum atomic E-state index is -0.428. The summed E-state index contributed by atoms with van der Waals surface area (Å²) >= 11 is 0. The number of anilines is 6.